The van der Waals surface area contributed by atoms with E-state index in [1.54, 1.807) is 0 Å². The molecule has 2 N–H and O–H groups in total. The number of amides is 2. The molecule has 0 radical (unpaired) electrons. The zero-order chi connectivity index (χ0) is 18.8. The summed E-state index contributed by atoms with van der Waals surface area (Å²) < 4.78 is 24.0. The van der Waals surface area contributed by atoms with Crippen molar-refractivity contribution in [2.24, 2.45) is 5.92 Å². The molecule has 2 fully saturated rings. The minimum atomic E-state index is -3.14. The number of carbonyl (C=O) groups is 2. The lowest BCUT2D eigenvalue weighted by atomic mass is 9.69. The molecule has 0 aromatic heterocycles. The van der Waals surface area contributed by atoms with Crippen molar-refractivity contribution in [3.8, 4) is 0 Å². The first-order valence-electron chi connectivity index (χ1n) is 8.89. The topological polar surface area (TPSA) is 92.3 Å². The molecule has 1 aromatic rings. The van der Waals surface area contributed by atoms with Crippen LogP contribution in [0.1, 0.15) is 44.1 Å². The standard InChI is InChI=1S/C18H23BrN2O4S/c19-15-6-4-14(5-7-15)18(9-2-1-3-10-18)17(23)21-20-16(22)13-8-11-26(24,25)12-13/h4-7,13H,1-3,8-12H2,(H,20,22)(H,21,23). The van der Waals surface area contributed by atoms with E-state index >= 15 is 0 Å². The number of benzene rings is 1. The smallest absolute Gasteiger partial charge is 0.249 e. The first kappa shape index (κ1) is 19.4. The van der Waals surface area contributed by atoms with Crippen molar-refractivity contribution in [1.82, 2.24) is 10.9 Å². The van der Waals surface area contributed by atoms with Crippen molar-refractivity contribution in [2.75, 3.05) is 11.5 Å². The minimum absolute atomic E-state index is 0.0296. The van der Waals surface area contributed by atoms with Gasteiger partial charge in [-0.15, -0.1) is 0 Å². The fraction of sp³-hybridized carbons (Fsp3) is 0.556. The van der Waals surface area contributed by atoms with E-state index in [0.29, 0.717) is 6.42 Å². The van der Waals surface area contributed by atoms with Gasteiger partial charge in [0, 0.05) is 4.47 Å². The predicted molar refractivity (Wildman–Crippen MR) is 102 cm³/mol. The van der Waals surface area contributed by atoms with E-state index in [0.717, 1.165) is 42.1 Å². The SMILES string of the molecule is O=C(NNC(=O)C1(c2ccc(Br)cc2)CCCCC1)C1CCS(=O)(=O)C1. The van der Waals surface area contributed by atoms with Crippen molar-refractivity contribution in [3.63, 3.8) is 0 Å². The van der Waals surface area contributed by atoms with Crippen molar-refractivity contribution < 1.29 is 18.0 Å². The summed E-state index contributed by atoms with van der Waals surface area (Å²) in [7, 11) is -3.14. The summed E-state index contributed by atoms with van der Waals surface area (Å²) in [5, 5.41) is 0. The normalized spacial score (nSPS) is 24.0. The van der Waals surface area contributed by atoms with Gasteiger partial charge in [0.25, 0.3) is 0 Å². The number of hydrogen-bond donors (Lipinski definition) is 2. The molecular weight excluding hydrogens is 420 g/mol. The molecule has 2 aliphatic rings. The molecule has 1 saturated carbocycles. The largest absolute Gasteiger partial charge is 0.273 e. The monoisotopic (exact) mass is 442 g/mol. The van der Waals surface area contributed by atoms with Gasteiger partial charge in [-0.2, -0.15) is 0 Å². The highest BCUT2D eigenvalue weighted by molar-refractivity contribution is 9.10. The third kappa shape index (κ3) is 4.11. The van der Waals surface area contributed by atoms with E-state index in [9.17, 15) is 18.0 Å². The Morgan fingerprint density at radius 3 is 2.27 bits per heavy atom. The van der Waals surface area contributed by atoms with Crippen LogP contribution in [0.25, 0.3) is 0 Å². The van der Waals surface area contributed by atoms with E-state index in [4.69, 9.17) is 0 Å². The Balaban J connectivity index is 1.70. The van der Waals surface area contributed by atoms with E-state index in [1.807, 2.05) is 24.3 Å². The molecule has 2 amide bonds. The number of rotatable bonds is 3. The lowest BCUT2D eigenvalue weighted by Crippen LogP contribution is -2.53. The van der Waals surface area contributed by atoms with Crippen LogP contribution in [0.3, 0.4) is 0 Å². The minimum Gasteiger partial charge on any atom is -0.273 e. The molecule has 3 rings (SSSR count). The Kier molecular flexibility index (Phi) is 5.72. The summed E-state index contributed by atoms with van der Waals surface area (Å²) in [4.78, 5) is 25.2. The van der Waals surface area contributed by atoms with Crippen LogP contribution in [0.5, 0.6) is 0 Å². The fourth-order valence-electron chi connectivity index (χ4n) is 3.91. The van der Waals surface area contributed by atoms with E-state index in [2.05, 4.69) is 26.8 Å². The van der Waals surface area contributed by atoms with Gasteiger partial charge in [0.15, 0.2) is 9.84 Å². The van der Waals surface area contributed by atoms with Gasteiger partial charge >= 0.3 is 0 Å². The highest BCUT2D eigenvalue weighted by atomic mass is 79.9. The lowest BCUT2D eigenvalue weighted by molar-refractivity contribution is -0.134. The third-order valence-corrected chi connectivity index (χ3v) is 7.74. The van der Waals surface area contributed by atoms with Crippen LogP contribution < -0.4 is 10.9 Å². The zero-order valence-corrected chi connectivity index (χ0v) is 16.9. The number of halogens is 1. The lowest BCUT2D eigenvalue weighted by Gasteiger charge is -2.36. The zero-order valence-electron chi connectivity index (χ0n) is 14.5. The fourth-order valence-corrected chi connectivity index (χ4v) is 5.92. The van der Waals surface area contributed by atoms with Gasteiger partial charge in [0.05, 0.1) is 22.8 Å². The Morgan fingerprint density at radius 1 is 1.04 bits per heavy atom. The number of nitrogens with one attached hydrogen (secondary N) is 2. The Bertz CT molecular complexity index is 786. The second-order valence-electron chi connectivity index (χ2n) is 7.19. The van der Waals surface area contributed by atoms with Crippen LogP contribution in [-0.2, 0) is 24.8 Å². The van der Waals surface area contributed by atoms with E-state index in [1.165, 1.54) is 0 Å². The summed E-state index contributed by atoms with van der Waals surface area (Å²) in [6.45, 7) is 0. The summed E-state index contributed by atoms with van der Waals surface area (Å²) in [5.74, 6) is -1.36. The molecule has 142 valence electrons. The van der Waals surface area contributed by atoms with Crippen molar-refractivity contribution >= 4 is 37.6 Å². The quantitative estimate of drug-likeness (QED) is 0.701. The van der Waals surface area contributed by atoms with Crippen molar-refractivity contribution in [1.29, 1.82) is 0 Å². The van der Waals surface area contributed by atoms with Crippen molar-refractivity contribution in [2.45, 2.75) is 43.9 Å². The Labute approximate surface area is 162 Å². The van der Waals surface area contributed by atoms with Crippen LogP contribution in [0.2, 0.25) is 0 Å². The molecular formula is C18H23BrN2O4S. The van der Waals surface area contributed by atoms with Crippen molar-refractivity contribution in [3.05, 3.63) is 34.3 Å². The molecule has 1 aliphatic carbocycles. The van der Waals surface area contributed by atoms with Crippen LogP contribution in [0.15, 0.2) is 28.7 Å². The van der Waals surface area contributed by atoms with Gasteiger partial charge in [-0.05, 0) is 37.0 Å². The Hall–Kier alpha value is -1.41. The molecule has 1 aliphatic heterocycles. The number of hydrazine groups is 1. The number of hydrogen-bond acceptors (Lipinski definition) is 4. The average Bonchev–Trinajstić information content (AvgIpc) is 3.00. The molecule has 26 heavy (non-hydrogen) atoms. The summed E-state index contributed by atoms with van der Waals surface area (Å²) in [6, 6.07) is 7.72. The first-order chi connectivity index (χ1) is 12.3. The van der Waals surface area contributed by atoms with Gasteiger partial charge in [0.2, 0.25) is 11.8 Å². The van der Waals surface area contributed by atoms with Gasteiger partial charge < -0.3 is 0 Å². The molecule has 1 unspecified atom stereocenters. The number of carbonyl (C=O) groups excluding carboxylic acids is 2. The molecule has 1 saturated heterocycles. The molecule has 0 bridgehead atoms. The predicted octanol–water partition coefficient (Wildman–Crippen LogP) is 2.23. The average molecular weight is 443 g/mol. The molecule has 0 spiro atoms. The molecule has 8 heteroatoms. The maximum Gasteiger partial charge on any atom is 0.249 e. The van der Waals surface area contributed by atoms with Crippen LogP contribution >= 0.6 is 15.9 Å². The Morgan fingerprint density at radius 2 is 1.69 bits per heavy atom. The summed E-state index contributed by atoms with van der Waals surface area (Å²) in [5.41, 5.74) is 5.30. The third-order valence-electron chi connectivity index (χ3n) is 5.44. The summed E-state index contributed by atoms with van der Waals surface area (Å²) in [6.07, 6.45) is 4.78. The molecule has 1 atom stereocenters. The van der Waals surface area contributed by atoms with Gasteiger partial charge in [-0.1, -0.05) is 47.3 Å². The molecule has 1 aromatic carbocycles. The van der Waals surface area contributed by atoms with Crippen LogP contribution in [-0.4, -0.2) is 31.7 Å². The summed E-state index contributed by atoms with van der Waals surface area (Å²) >= 11 is 3.41. The second-order valence-corrected chi connectivity index (χ2v) is 10.3. The molecule has 1 heterocycles. The van der Waals surface area contributed by atoms with Crippen LogP contribution in [0, 0.1) is 5.92 Å². The van der Waals surface area contributed by atoms with E-state index in [-0.39, 0.29) is 17.4 Å². The van der Waals surface area contributed by atoms with Crippen LogP contribution in [0.4, 0.5) is 0 Å². The second kappa shape index (κ2) is 7.68. The van der Waals surface area contributed by atoms with Gasteiger partial charge in [-0.25, -0.2) is 8.42 Å². The maximum atomic E-state index is 13.0. The highest BCUT2D eigenvalue weighted by Gasteiger charge is 2.41. The number of sulfone groups is 1. The maximum absolute atomic E-state index is 13.0. The van der Waals surface area contributed by atoms with E-state index < -0.39 is 27.1 Å². The van der Waals surface area contributed by atoms with Gasteiger partial charge in [0.1, 0.15) is 0 Å². The first-order valence-corrected chi connectivity index (χ1v) is 11.5. The van der Waals surface area contributed by atoms with Gasteiger partial charge in [-0.3, -0.25) is 20.4 Å². The molecule has 6 nitrogen and oxygen atoms in total. The highest BCUT2D eigenvalue weighted by Crippen LogP contribution is 2.40.